The van der Waals surface area contributed by atoms with Crippen LogP contribution in [0, 0.1) is 19.3 Å². The van der Waals surface area contributed by atoms with E-state index in [0.29, 0.717) is 12.0 Å². The SMILES string of the molecule is C#Cc1cc(C(=O)CC)ccc1C. The Morgan fingerprint density at radius 1 is 1.54 bits per heavy atom. The van der Waals surface area contributed by atoms with Crippen LogP contribution in [0.3, 0.4) is 0 Å². The predicted molar refractivity (Wildman–Crippen MR) is 53.7 cm³/mol. The summed E-state index contributed by atoms with van der Waals surface area (Å²) in [6.07, 6.45) is 5.82. The molecule has 0 aliphatic rings. The highest BCUT2D eigenvalue weighted by Gasteiger charge is 2.04. The second kappa shape index (κ2) is 3.91. The highest BCUT2D eigenvalue weighted by Crippen LogP contribution is 2.11. The summed E-state index contributed by atoms with van der Waals surface area (Å²) < 4.78 is 0. The Morgan fingerprint density at radius 3 is 2.77 bits per heavy atom. The number of carbonyl (C=O) groups excluding carboxylic acids is 1. The molecule has 13 heavy (non-hydrogen) atoms. The van der Waals surface area contributed by atoms with Crippen LogP contribution in [-0.2, 0) is 0 Å². The molecule has 0 spiro atoms. The molecule has 1 aromatic rings. The first-order valence-corrected chi connectivity index (χ1v) is 4.29. The number of Topliss-reactive ketones (excluding diaryl/α,β-unsaturated/α-hetero) is 1. The van der Waals surface area contributed by atoms with Crippen molar-refractivity contribution < 1.29 is 4.79 Å². The molecule has 1 rings (SSSR count). The Balaban J connectivity index is 3.15. The van der Waals surface area contributed by atoms with Gasteiger partial charge in [-0.2, -0.15) is 0 Å². The van der Waals surface area contributed by atoms with E-state index in [4.69, 9.17) is 6.42 Å². The Hall–Kier alpha value is -1.55. The maximum atomic E-state index is 11.3. The molecule has 0 N–H and O–H groups in total. The summed E-state index contributed by atoms with van der Waals surface area (Å²) in [5.74, 6) is 2.70. The van der Waals surface area contributed by atoms with Crippen molar-refractivity contribution in [3.8, 4) is 12.3 Å². The van der Waals surface area contributed by atoms with Crippen molar-refractivity contribution in [3.05, 3.63) is 34.9 Å². The van der Waals surface area contributed by atoms with Crippen molar-refractivity contribution in [2.24, 2.45) is 0 Å². The van der Waals surface area contributed by atoms with Crippen LogP contribution in [0.4, 0.5) is 0 Å². The average Bonchev–Trinajstić information content (AvgIpc) is 2.17. The first kappa shape index (κ1) is 9.54. The number of hydrogen-bond donors (Lipinski definition) is 0. The molecule has 0 aliphatic carbocycles. The van der Waals surface area contributed by atoms with E-state index in [2.05, 4.69) is 5.92 Å². The van der Waals surface area contributed by atoms with E-state index < -0.39 is 0 Å². The lowest BCUT2D eigenvalue weighted by Crippen LogP contribution is -1.97. The van der Waals surface area contributed by atoms with Crippen molar-refractivity contribution in [1.82, 2.24) is 0 Å². The second-order valence-corrected chi connectivity index (χ2v) is 2.95. The molecule has 0 saturated heterocycles. The van der Waals surface area contributed by atoms with Crippen LogP contribution in [0.15, 0.2) is 18.2 Å². The number of ketones is 1. The Morgan fingerprint density at radius 2 is 2.23 bits per heavy atom. The van der Waals surface area contributed by atoms with Gasteiger partial charge in [-0.25, -0.2) is 0 Å². The quantitative estimate of drug-likeness (QED) is 0.495. The normalized spacial score (nSPS) is 9.31. The number of hydrogen-bond acceptors (Lipinski definition) is 1. The van der Waals surface area contributed by atoms with Gasteiger partial charge < -0.3 is 0 Å². The van der Waals surface area contributed by atoms with Gasteiger partial charge in [0.05, 0.1) is 0 Å². The molecule has 0 amide bonds. The monoisotopic (exact) mass is 172 g/mol. The van der Waals surface area contributed by atoms with E-state index in [1.165, 1.54) is 0 Å². The maximum Gasteiger partial charge on any atom is 0.162 e. The Labute approximate surface area is 78.8 Å². The number of carbonyl (C=O) groups is 1. The van der Waals surface area contributed by atoms with Crippen LogP contribution in [0.1, 0.15) is 34.8 Å². The van der Waals surface area contributed by atoms with Crippen LogP contribution in [0.2, 0.25) is 0 Å². The molecule has 0 atom stereocenters. The number of benzene rings is 1. The third-order valence-electron chi connectivity index (χ3n) is 2.04. The largest absolute Gasteiger partial charge is 0.294 e. The minimum absolute atomic E-state index is 0.136. The third kappa shape index (κ3) is 1.97. The van der Waals surface area contributed by atoms with Crippen molar-refractivity contribution in [2.75, 3.05) is 0 Å². The molecule has 0 saturated carbocycles. The minimum atomic E-state index is 0.136. The lowest BCUT2D eigenvalue weighted by Gasteiger charge is -2.01. The van der Waals surface area contributed by atoms with E-state index in [1.807, 2.05) is 26.0 Å². The molecule has 0 bridgehead atoms. The van der Waals surface area contributed by atoms with Gasteiger partial charge in [-0.3, -0.25) is 4.79 Å². The fraction of sp³-hybridized carbons (Fsp3) is 0.250. The predicted octanol–water partition coefficient (Wildman–Crippen LogP) is 2.57. The zero-order valence-electron chi connectivity index (χ0n) is 7.92. The van der Waals surface area contributed by atoms with Gasteiger partial charge in [0.25, 0.3) is 0 Å². The standard InChI is InChI=1S/C12H12O/c1-4-10-8-11(12(13)5-2)7-6-9(10)3/h1,6-8H,5H2,2-3H3. The van der Waals surface area contributed by atoms with Gasteiger partial charge in [0.15, 0.2) is 5.78 Å². The number of rotatable bonds is 2. The summed E-state index contributed by atoms with van der Waals surface area (Å²) >= 11 is 0. The van der Waals surface area contributed by atoms with Crippen molar-refractivity contribution in [1.29, 1.82) is 0 Å². The first-order valence-electron chi connectivity index (χ1n) is 4.29. The molecule has 1 nitrogen and oxygen atoms in total. The van der Waals surface area contributed by atoms with Gasteiger partial charge in [-0.15, -0.1) is 6.42 Å². The van der Waals surface area contributed by atoms with E-state index >= 15 is 0 Å². The summed E-state index contributed by atoms with van der Waals surface area (Å²) in [6, 6.07) is 5.49. The number of terminal acetylenes is 1. The van der Waals surface area contributed by atoms with E-state index in [1.54, 1.807) is 6.07 Å². The molecule has 0 radical (unpaired) electrons. The lowest BCUT2D eigenvalue weighted by atomic mass is 10.0. The fourth-order valence-corrected chi connectivity index (χ4v) is 1.16. The van der Waals surface area contributed by atoms with Gasteiger partial charge in [0.2, 0.25) is 0 Å². The van der Waals surface area contributed by atoms with E-state index in [-0.39, 0.29) is 5.78 Å². The van der Waals surface area contributed by atoms with Gasteiger partial charge in [-0.05, 0) is 18.6 Å². The number of aryl methyl sites for hydroxylation is 1. The molecular weight excluding hydrogens is 160 g/mol. The van der Waals surface area contributed by atoms with E-state index in [9.17, 15) is 4.79 Å². The summed E-state index contributed by atoms with van der Waals surface area (Å²) in [5, 5.41) is 0. The molecule has 0 heterocycles. The smallest absolute Gasteiger partial charge is 0.162 e. The first-order chi connectivity index (χ1) is 6.19. The van der Waals surface area contributed by atoms with Gasteiger partial charge in [-0.1, -0.05) is 25.0 Å². The van der Waals surface area contributed by atoms with Crippen molar-refractivity contribution in [2.45, 2.75) is 20.3 Å². The van der Waals surface area contributed by atoms with Crippen LogP contribution >= 0.6 is 0 Å². The Bertz CT molecular complexity index is 369. The highest BCUT2D eigenvalue weighted by molar-refractivity contribution is 5.96. The topological polar surface area (TPSA) is 17.1 Å². The minimum Gasteiger partial charge on any atom is -0.294 e. The van der Waals surface area contributed by atoms with Crippen LogP contribution in [0.25, 0.3) is 0 Å². The maximum absolute atomic E-state index is 11.3. The van der Waals surface area contributed by atoms with Crippen molar-refractivity contribution >= 4 is 5.78 Å². The molecule has 1 heteroatoms. The molecule has 0 aliphatic heterocycles. The van der Waals surface area contributed by atoms with Crippen molar-refractivity contribution in [3.63, 3.8) is 0 Å². The molecule has 0 unspecified atom stereocenters. The van der Waals surface area contributed by atoms with E-state index in [0.717, 1.165) is 11.1 Å². The summed E-state index contributed by atoms with van der Waals surface area (Å²) in [6.45, 7) is 3.78. The molecule has 0 fully saturated rings. The molecule has 0 aromatic heterocycles. The highest BCUT2D eigenvalue weighted by atomic mass is 16.1. The zero-order chi connectivity index (χ0) is 9.84. The van der Waals surface area contributed by atoms with Crippen LogP contribution in [-0.4, -0.2) is 5.78 Å². The molecule has 1 aromatic carbocycles. The molecular formula is C12H12O. The summed E-state index contributed by atoms with van der Waals surface area (Å²) in [5.41, 5.74) is 2.55. The third-order valence-corrected chi connectivity index (χ3v) is 2.04. The van der Waals surface area contributed by atoms with Crippen LogP contribution < -0.4 is 0 Å². The second-order valence-electron chi connectivity index (χ2n) is 2.95. The summed E-state index contributed by atoms with van der Waals surface area (Å²) in [4.78, 5) is 11.3. The molecule has 66 valence electrons. The lowest BCUT2D eigenvalue weighted by molar-refractivity contribution is 0.0988. The van der Waals surface area contributed by atoms with Gasteiger partial charge >= 0.3 is 0 Å². The van der Waals surface area contributed by atoms with Gasteiger partial charge in [0.1, 0.15) is 0 Å². The summed E-state index contributed by atoms with van der Waals surface area (Å²) in [7, 11) is 0. The Kier molecular flexibility index (Phi) is 2.87. The van der Waals surface area contributed by atoms with Crippen LogP contribution in [0.5, 0.6) is 0 Å². The fourth-order valence-electron chi connectivity index (χ4n) is 1.16. The average molecular weight is 172 g/mol. The van der Waals surface area contributed by atoms with Gasteiger partial charge in [0, 0.05) is 17.5 Å². The zero-order valence-corrected chi connectivity index (χ0v) is 7.92.